The van der Waals surface area contributed by atoms with Gasteiger partial charge in [0.1, 0.15) is 0 Å². The zero-order valence-electron chi connectivity index (χ0n) is 9.74. The first-order valence-corrected chi connectivity index (χ1v) is 6.13. The molecule has 0 aromatic heterocycles. The number of hydrogen-bond acceptors (Lipinski definition) is 3. The number of piperidine rings is 1. The van der Waals surface area contributed by atoms with E-state index in [1.165, 1.54) is 13.1 Å². The Morgan fingerprint density at radius 3 is 2.33 bits per heavy atom. The van der Waals surface area contributed by atoms with E-state index in [0.29, 0.717) is 5.41 Å². The van der Waals surface area contributed by atoms with E-state index in [9.17, 15) is 0 Å². The minimum absolute atomic E-state index is 0.0786. The van der Waals surface area contributed by atoms with Crippen LogP contribution in [0.15, 0.2) is 0 Å². The SMILES string of the molecule is CC1(C)C2CN(CCC3OCCO3)CC21. The second kappa shape index (κ2) is 3.44. The standard InChI is InChI=1S/C12H21NO2/c1-12(2)9-7-13(8-10(9)12)4-3-11-14-5-6-15-11/h9-11H,3-8H2,1-2H3. The Hall–Kier alpha value is -0.120. The average molecular weight is 211 g/mol. The van der Waals surface area contributed by atoms with Gasteiger partial charge in [-0.05, 0) is 17.3 Å². The molecule has 3 heteroatoms. The van der Waals surface area contributed by atoms with Crippen molar-refractivity contribution in [2.45, 2.75) is 26.6 Å². The Morgan fingerprint density at radius 2 is 1.73 bits per heavy atom. The molecule has 2 aliphatic heterocycles. The van der Waals surface area contributed by atoms with Crippen LogP contribution < -0.4 is 0 Å². The Balaban J connectivity index is 1.40. The van der Waals surface area contributed by atoms with Crippen molar-refractivity contribution in [2.24, 2.45) is 17.3 Å². The van der Waals surface area contributed by atoms with Gasteiger partial charge in [-0.1, -0.05) is 13.8 Å². The molecule has 3 nitrogen and oxygen atoms in total. The summed E-state index contributed by atoms with van der Waals surface area (Å²) in [5, 5.41) is 0. The molecule has 0 radical (unpaired) electrons. The van der Waals surface area contributed by atoms with Crippen LogP contribution in [0.1, 0.15) is 20.3 Å². The van der Waals surface area contributed by atoms with E-state index in [-0.39, 0.29) is 6.29 Å². The predicted octanol–water partition coefficient (Wildman–Crippen LogP) is 1.34. The van der Waals surface area contributed by atoms with Crippen LogP contribution in [0.2, 0.25) is 0 Å². The van der Waals surface area contributed by atoms with E-state index in [1.54, 1.807) is 0 Å². The molecule has 2 unspecified atom stereocenters. The highest BCUT2D eigenvalue weighted by molar-refractivity contribution is 5.11. The summed E-state index contributed by atoms with van der Waals surface area (Å²) in [7, 11) is 0. The number of nitrogens with zero attached hydrogens (tertiary/aromatic N) is 1. The van der Waals surface area contributed by atoms with E-state index in [0.717, 1.165) is 38.0 Å². The summed E-state index contributed by atoms with van der Waals surface area (Å²) in [6, 6.07) is 0. The van der Waals surface area contributed by atoms with Gasteiger partial charge >= 0.3 is 0 Å². The molecule has 0 amide bonds. The van der Waals surface area contributed by atoms with Gasteiger partial charge in [-0.3, -0.25) is 0 Å². The molecule has 1 aliphatic carbocycles. The van der Waals surface area contributed by atoms with E-state index in [2.05, 4.69) is 18.7 Å². The molecule has 86 valence electrons. The van der Waals surface area contributed by atoms with Crippen LogP contribution >= 0.6 is 0 Å². The van der Waals surface area contributed by atoms with Crippen LogP contribution in [0.5, 0.6) is 0 Å². The third kappa shape index (κ3) is 1.71. The lowest BCUT2D eigenvalue weighted by molar-refractivity contribution is -0.0513. The van der Waals surface area contributed by atoms with Crippen molar-refractivity contribution in [1.82, 2.24) is 4.90 Å². The van der Waals surface area contributed by atoms with E-state index in [1.807, 2.05) is 0 Å². The van der Waals surface area contributed by atoms with Crippen LogP contribution in [0.4, 0.5) is 0 Å². The summed E-state index contributed by atoms with van der Waals surface area (Å²) in [6.45, 7) is 10.1. The summed E-state index contributed by atoms with van der Waals surface area (Å²) >= 11 is 0. The molecule has 0 spiro atoms. The van der Waals surface area contributed by atoms with E-state index < -0.39 is 0 Å². The minimum atomic E-state index is 0.0786. The smallest absolute Gasteiger partial charge is 0.159 e. The highest BCUT2D eigenvalue weighted by atomic mass is 16.7. The van der Waals surface area contributed by atoms with Crippen LogP contribution in [0, 0.1) is 17.3 Å². The van der Waals surface area contributed by atoms with Crippen molar-refractivity contribution < 1.29 is 9.47 Å². The molecule has 2 heterocycles. The first kappa shape index (κ1) is 10.1. The van der Waals surface area contributed by atoms with Gasteiger partial charge in [-0.25, -0.2) is 0 Å². The lowest BCUT2D eigenvalue weighted by atomic mass is 10.1. The molecule has 2 saturated heterocycles. The maximum atomic E-state index is 5.44. The number of likely N-dealkylation sites (tertiary alicyclic amines) is 1. The third-order valence-corrected chi connectivity index (χ3v) is 4.57. The van der Waals surface area contributed by atoms with Gasteiger partial charge in [0.15, 0.2) is 6.29 Å². The molecule has 3 fully saturated rings. The maximum Gasteiger partial charge on any atom is 0.159 e. The number of ether oxygens (including phenoxy) is 2. The predicted molar refractivity (Wildman–Crippen MR) is 57.5 cm³/mol. The molecule has 1 saturated carbocycles. The Labute approximate surface area is 91.7 Å². The first-order chi connectivity index (χ1) is 7.18. The lowest BCUT2D eigenvalue weighted by Crippen LogP contribution is -2.29. The van der Waals surface area contributed by atoms with E-state index in [4.69, 9.17) is 9.47 Å². The Bertz CT molecular complexity index is 234. The summed E-state index contributed by atoms with van der Waals surface area (Å²) < 4.78 is 10.9. The Kier molecular flexibility index (Phi) is 2.31. The molecule has 0 aromatic rings. The van der Waals surface area contributed by atoms with Crippen LogP contribution in [0.25, 0.3) is 0 Å². The molecule has 0 bridgehead atoms. The fourth-order valence-electron chi connectivity index (χ4n) is 3.26. The topological polar surface area (TPSA) is 21.7 Å². The fraction of sp³-hybridized carbons (Fsp3) is 1.00. The monoisotopic (exact) mass is 211 g/mol. The number of fused-ring (bicyclic) bond motifs is 1. The van der Waals surface area contributed by atoms with Crippen LogP contribution in [-0.2, 0) is 9.47 Å². The van der Waals surface area contributed by atoms with Gasteiger partial charge in [0.25, 0.3) is 0 Å². The quantitative estimate of drug-likeness (QED) is 0.703. The zero-order valence-corrected chi connectivity index (χ0v) is 9.74. The second-order valence-corrected chi connectivity index (χ2v) is 5.75. The molecule has 15 heavy (non-hydrogen) atoms. The molecular formula is C12H21NO2. The third-order valence-electron chi connectivity index (χ3n) is 4.57. The molecule has 3 aliphatic rings. The zero-order chi connectivity index (χ0) is 10.5. The van der Waals surface area contributed by atoms with Crippen molar-refractivity contribution in [3.05, 3.63) is 0 Å². The fourth-order valence-corrected chi connectivity index (χ4v) is 3.26. The molecule has 0 aromatic carbocycles. The summed E-state index contributed by atoms with van der Waals surface area (Å²) in [6.07, 6.45) is 1.12. The summed E-state index contributed by atoms with van der Waals surface area (Å²) in [5.74, 6) is 1.92. The van der Waals surface area contributed by atoms with Crippen LogP contribution in [-0.4, -0.2) is 44.0 Å². The van der Waals surface area contributed by atoms with Gasteiger partial charge in [0.05, 0.1) is 13.2 Å². The molecular weight excluding hydrogens is 190 g/mol. The van der Waals surface area contributed by atoms with Gasteiger partial charge in [0.2, 0.25) is 0 Å². The van der Waals surface area contributed by atoms with Crippen molar-refractivity contribution in [3.8, 4) is 0 Å². The highest BCUT2D eigenvalue weighted by Crippen LogP contribution is 2.61. The second-order valence-electron chi connectivity index (χ2n) is 5.75. The van der Waals surface area contributed by atoms with E-state index >= 15 is 0 Å². The van der Waals surface area contributed by atoms with Gasteiger partial charge < -0.3 is 14.4 Å². The van der Waals surface area contributed by atoms with Gasteiger partial charge in [-0.15, -0.1) is 0 Å². The average Bonchev–Trinajstić information content (AvgIpc) is 2.76. The summed E-state index contributed by atoms with van der Waals surface area (Å²) in [4.78, 5) is 2.58. The van der Waals surface area contributed by atoms with Crippen molar-refractivity contribution >= 4 is 0 Å². The first-order valence-electron chi connectivity index (χ1n) is 6.13. The number of rotatable bonds is 3. The van der Waals surface area contributed by atoms with Crippen molar-refractivity contribution in [2.75, 3.05) is 32.8 Å². The van der Waals surface area contributed by atoms with Crippen molar-refractivity contribution in [3.63, 3.8) is 0 Å². The highest BCUT2D eigenvalue weighted by Gasteiger charge is 2.61. The van der Waals surface area contributed by atoms with Crippen molar-refractivity contribution in [1.29, 1.82) is 0 Å². The lowest BCUT2D eigenvalue weighted by Gasteiger charge is -2.22. The molecule has 3 rings (SSSR count). The number of hydrogen-bond donors (Lipinski definition) is 0. The molecule has 2 atom stereocenters. The summed E-state index contributed by atoms with van der Waals surface area (Å²) in [5.41, 5.74) is 0.636. The van der Waals surface area contributed by atoms with Gasteiger partial charge in [0, 0.05) is 26.1 Å². The maximum absolute atomic E-state index is 5.44. The minimum Gasteiger partial charge on any atom is -0.350 e. The molecule has 0 N–H and O–H groups in total. The normalized spacial score (nSPS) is 39.6. The Morgan fingerprint density at radius 1 is 1.13 bits per heavy atom. The van der Waals surface area contributed by atoms with Crippen LogP contribution in [0.3, 0.4) is 0 Å². The van der Waals surface area contributed by atoms with Gasteiger partial charge in [-0.2, -0.15) is 0 Å². The largest absolute Gasteiger partial charge is 0.350 e.